The van der Waals surface area contributed by atoms with Crippen molar-refractivity contribution in [3.8, 4) is 0 Å². The molecule has 0 saturated heterocycles. The van der Waals surface area contributed by atoms with Crippen LogP contribution in [-0.2, 0) is 0 Å². The summed E-state index contributed by atoms with van der Waals surface area (Å²) in [5.41, 5.74) is 9.56. The van der Waals surface area contributed by atoms with Crippen LogP contribution < -0.4 is 11.1 Å². The molecule has 0 heterocycles. The standard InChI is InChI=1S/C17H23BrN2/c1-11-2-3-14(5-15(11)18)20-17-8-12-4-13(9-17)7-16(19,6-12)10-17/h2-3,5,12-13,20H,4,6-10,19H2,1H3. The fraction of sp³-hybridized carbons (Fsp3) is 0.647. The summed E-state index contributed by atoms with van der Waals surface area (Å²) in [6.07, 6.45) is 7.70. The van der Waals surface area contributed by atoms with E-state index in [1.807, 2.05) is 0 Å². The van der Waals surface area contributed by atoms with Gasteiger partial charge in [-0.25, -0.2) is 0 Å². The predicted octanol–water partition coefficient (Wildman–Crippen LogP) is 4.22. The number of nitrogens with two attached hydrogens (primary N) is 1. The Morgan fingerprint density at radius 3 is 2.50 bits per heavy atom. The van der Waals surface area contributed by atoms with E-state index in [-0.39, 0.29) is 11.1 Å². The Morgan fingerprint density at radius 1 is 1.20 bits per heavy atom. The van der Waals surface area contributed by atoms with Crippen molar-refractivity contribution in [2.75, 3.05) is 5.32 Å². The second kappa shape index (κ2) is 4.23. The van der Waals surface area contributed by atoms with E-state index in [1.54, 1.807) is 0 Å². The van der Waals surface area contributed by atoms with Gasteiger partial charge in [-0.05, 0) is 75.0 Å². The van der Waals surface area contributed by atoms with Crippen LogP contribution in [0.3, 0.4) is 0 Å². The van der Waals surface area contributed by atoms with Crippen LogP contribution in [0.15, 0.2) is 22.7 Å². The Labute approximate surface area is 129 Å². The molecule has 20 heavy (non-hydrogen) atoms. The van der Waals surface area contributed by atoms with Crippen LogP contribution in [0.25, 0.3) is 0 Å². The highest BCUT2D eigenvalue weighted by molar-refractivity contribution is 9.10. The number of rotatable bonds is 2. The van der Waals surface area contributed by atoms with Crippen LogP contribution in [0.1, 0.15) is 44.1 Å². The molecule has 3 N–H and O–H groups in total. The topological polar surface area (TPSA) is 38.0 Å². The minimum absolute atomic E-state index is 0.110. The van der Waals surface area contributed by atoms with E-state index < -0.39 is 0 Å². The van der Waals surface area contributed by atoms with Gasteiger partial charge in [0.25, 0.3) is 0 Å². The van der Waals surface area contributed by atoms with Crippen molar-refractivity contribution in [2.45, 2.75) is 56.5 Å². The monoisotopic (exact) mass is 334 g/mol. The number of anilines is 1. The lowest BCUT2D eigenvalue weighted by Gasteiger charge is -2.61. The molecule has 0 radical (unpaired) electrons. The molecule has 0 spiro atoms. The van der Waals surface area contributed by atoms with Crippen LogP contribution >= 0.6 is 15.9 Å². The van der Waals surface area contributed by atoms with E-state index in [1.165, 1.54) is 47.8 Å². The molecule has 4 aliphatic carbocycles. The fourth-order valence-electron chi connectivity index (χ4n) is 5.46. The van der Waals surface area contributed by atoms with Gasteiger partial charge in [-0.2, -0.15) is 0 Å². The minimum atomic E-state index is 0.110. The highest BCUT2D eigenvalue weighted by Gasteiger charge is 2.56. The molecule has 108 valence electrons. The second-order valence-electron chi connectivity index (χ2n) is 7.69. The molecule has 4 bridgehead atoms. The third kappa shape index (κ3) is 2.10. The van der Waals surface area contributed by atoms with Crippen LogP contribution in [0, 0.1) is 18.8 Å². The molecule has 1 aromatic carbocycles. The Bertz CT molecular complexity index is 540. The Morgan fingerprint density at radius 2 is 1.90 bits per heavy atom. The number of halogens is 1. The van der Waals surface area contributed by atoms with E-state index >= 15 is 0 Å². The normalized spacial score (nSPS) is 42.0. The summed E-state index contributed by atoms with van der Waals surface area (Å²) in [7, 11) is 0. The van der Waals surface area contributed by atoms with Crippen molar-refractivity contribution < 1.29 is 0 Å². The summed E-state index contributed by atoms with van der Waals surface area (Å²) in [5, 5.41) is 3.87. The van der Waals surface area contributed by atoms with Crippen molar-refractivity contribution >= 4 is 21.6 Å². The zero-order valence-corrected chi connectivity index (χ0v) is 13.7. The maximum atomic E-state index is 6.66. The first-order valence-electron chi connectivity index (χ1n) is 7.79. The Balaban J connectivity index is 1.63. The van der Waals surface area contributed by atoms with Gasteiger partial charge in [-0.1, -0.05) is 22.0 Å². The van der Waals surface area contributed by atoms with E-state index in [0.29, 0.717) is 0 Å². The van der Waals surface area contributed by atoms with Gasteiger partial charge in [-0.3, -0.25) is 0 Å². The summed E-state index contributed by atoms with van der Waals surface area (Å²) in [5.74, 6) is 1.70. The first-order valence-corrected chi connectivity index (χ1v) is 8.58. The first-order chi connectivity index (χ1) is 9.45. The highest BCUT2D eigenvalue weighted by atomic mass is 79.9. The number of hydrogen-bond donors (Lipinski definition) is 2. The van der Waals surface area contributed by atoms with Gasteiger partial charge in [0.2, 0.25) is 0 Å². The van der Waals surface area contributed by atoms with Crippen LogP contribution in [0.2, 0.25) is 0 Å². The maximum absolute atomic E-state index is 6.66. The van der Waals surface area contributed by atoms with E-state index in [9.17, 15) is 0 Å². The van der Waals surface area contributed by atoms with E-state index in [2.05, 4.69) is 46.4 Å². The third-order valence-electron chi connectivity index (χ3n) is 5.69. The van der Waals surface area contributed by atoms with Crippen LogP contribution in [0.4, 0.5) is 5.69 Å². The molecule has 1 aromatic rings. The van der Waals surface area contributed by atoms with E-state index in [4.69, 9.17) is 5.73 Å². The molecule has 4 fully saturated rings. The van der Waals surface area contributed by atoms with Crippen molar-refractivity contribution in [2.24, 2.45) is 17.6 Å². The van der Waals surface area contributed by atoms with Gasteiger partial charge >= 0.3 is 0 Å². The molecule has 0 amide bonds. The van der Waals surface area contributed by atoms with Crippen LogP contribution in [0.5, 0.6) is 0 Å². The summed E-state index contributed by atoms with van der Waals surface area (Å²) in [6.45, 7) is 2.13. The van der Waals surface area contributed by atoms with Crippen molar-refractivity contribution in [3.63, 3.8) is 0 Å². The summed E-state index contributed by atoms with van der Waals surface area (Å²) in [6, 6.07) is 6.62. The number of nitrogens with one attached hydrogen (secondary N) is 1. The van der Waals surface area contributed by atoms with Gasteiger partial charge < -0.3 is 11.1 Å². The first kappa shape index (κ1) is 13.1. The smallest absolute Gasteiger partial charge is 0.0396 e. The zero-order valence-electron chi connectivity index (χ0n) is 12.1. The summed E-state index contributed by atoms with van der Waals surface area (Å²) < 4.78 is 1.19. The summed E-state index contributed by atoms with van der Waals surface area (Å²) >= 11 is 3.64. The largest absolute Gasteiger partial charge is 0.379 e. The molecule has 0 aromatic heterocycles. The third-order valence-corrected chi connectivity index (χ3v) is 6.54. The highest BCUT2D eigenvalue weighted by Crippen LogP contribution is 2.57. The summed E-state index contributed by atoms with van der Waals surface area (Å²) in [4.78, 5) is 0. The molecule has 4 aliphatic rings. The zero-order chi connectivity index (χ0) is 14.0. The van der Waals surface area contributed by atoms with Gasteiger partial charge in [-0.15, -0.1) is 0 Å². The molecular weight excluding hydrogens is 312 g/mol. The Kier molecular flexibility index (Phi) is 2.78. The molecular formula is C17H23BrN2. The minimum Gasteiger partial charge on any atom is -0.379 e. The maximum Gasteiger partial charge on any atom is 0.0396 e. The number of benzene rings is 1. The average molecular weight is 335 g/mol. The van der Waals surface area contributed by atoms with Gasteiger partial charge in [0.15, 0.2) is 0 Å². The second-order valence-corrected chi connectivity index (χ2v) is 8.55. The van der Waals surface area contributed by atoms with Crippen molar-refractivity contribution in [3.05, 3.63) is 28.2 Å². The van der Waals surface area contributed by atoms with Crippen molar-refractivity contribution in [1.82, 2.24) is 0 Å². The molecule has 2 nitrogen and oxygen atoms in total. The molecule has 4 saturated carbocycles. The van der Waals surface area contributed by atoms with Gasteiger partial charge in [0.05, 0.1) is 0 Å². The number of aryl methyl sites for hydroxylation is 1. The lowest BCUT2D eigenvalue weighted by Crippen LogP contribution is -2.65. The fourth-order valence-corrected chi connectivity index (χ4v) is 5.84. The Hall–Kier alpha value is -0.540. The molecule has 2 unspecified atom stereocenters. The average Bonchev–Trinajstić information content (AvgIpc) is 2.30. The molecule has 0 aliphatic heterocycles. The molecule has 3 heteroatoms. The predicted molar refractivity (Wildman–Crippen MR) is 86.8 cm³/mol. The molecule has 5 rings (SSSR count). The lowest BCUT2D eigenvalue weighted by atomic mass is 9.50. The number of hydrogen-bond acceptors (Lipinski definition) is 2. The van der Waals surface area contributed by atoms with Gasteiger partial charge in [0, 0.05) is 21.2 Å². The van der Waals surface area contributed by atoms with Gasteiger partial charge in [0.1, 0.15) is 0 Å². The van der Waals surface area contributed by atoms with Crippen LogP contribution in [-0.4, -0.2) is 11.1 Å². The van der Waals surface area contributed by atoms with E-state index in [0.717, 1.165) is 18.3 Å². The SMILES string of the molecule is Cc1ccc(NC23CC4CC(CC(N)(C4)C2)C3)cc1Br. The quantitative estimate of drug-likeness (QED) is 0.849. The molecule has 2 atom stereocenters. The van der Waals surface area contributed by atoms with Crippen molar-refractivity contribution in [1.29, 1.82) is 0 Å². The lowest BCUT2D eigenvalue weighted by molar-refractivity contribution is -0.00775.